The van der Waals surface area contributed by atoms with E-state index in [4.69, 9.17) is 0 Å². The summed E-state index contributed by atoms with van der Waals surface area (Å²) >= 11 is 0. The molecule has 0 aliphatic carbocycles. The van der Waals surface area contributed by atoms with Crippen LogP contribution < -0.4 is 4.74 Å². The van der Waals surface area contributed by atoms with Gasteiger partial charge in [-0.25, -0.2) is 26.3 Å². The van der Waals surface area contributed by atoms with Crippen LogP contribution in [0, 0.1) is 36.0 Å². The van der Waals surface area contributed by atoms with Gasteiger partial charge in [0.2, 0.25) is 0 Å². The van der Waals surface area contributed by atoms with E-state index < -0.39 is 52.9 Å². The minimum atomic E-state index is -3.74. The van der Waals surface area contributed by atoms with E-state index in [1.165, 1.54) is 0 Å². The van der Waals surface area contributed by atoms with E-state index >= 15 is 0 Å². The van der Waals surface area contributed by atoms with Gasteiger partial charge < -0.3 is 4.74 Å². The highest BCUT2D eigenvalue weighted by Crippen LogP contribution is 2.37. The molecule has 1 atom stereocenters. The fourth-order valence-corrected chi connectivity index (χ4v) is 2.77. The highest BCUT2D eigenvalue weighted by molar-refractivity contribution is 5.64. The topological polar surface area (TPSA) is 9.23 Å². The zero-order valence-corrected chi connectivity index (χ0v) is 14.9. The summed E-state index contributed by atoms with van der Waals surface area (Å²) in [5.41, 5.74) is -0.0308. The second-order valence-electron chi connectivity index (χ2n) is 6.35. The zero-order chi connectivity index (χ0) is 21.3. The summed E-state index contributed by atoms with van der Waals surface area (Å²) in [4.78, 5) is 0. The Labute approximate surface area is 161 Å². The second-order valence-corrected chi connectivity index (χ2v) is 6.35. The normalized spacial score (nSPS) is 13.2. The Kier molecular flexibility index (Phi) is 5.55. The van der Waals surface area contributed by atoms with E-state index in [9.17, 15) is 30.7 Å². The summed E-state index contributed by atoms with van der Waals surface area (Å²) in [5, 5.41) is 0. The molecule has 8 heteroatoms. The molecule has 1 nitrogen and oxygen atoms in total. The van der Waals surface area contributed by atoms with Crippen molar-refractivity contribution in [2.24, 2.45) is 0 Å². The molecule has 0 saturated carbocycles. The maximum Gasteiger partial charge on any atom is 0.307 e. The van der Waals surface area contributed by atoms with Crippen molar-refractivity contribution in [2.75, 3.05) is 6.67 Å². The molecule has 0 fully saturated rings. The molecule has 0 saturated heterocycles. The Morgan fingerprint density at radius 3 is 1.76 bits per heavy atom. The minimum Gasteiger partial charge on any atom is -0.451 e. The van der Waals surface area contributed by atoms with Gasteiger partial charge in [0.05, 0.1) is 0 Å². The van der Waals surface area contributed by atoms with Gasteiger partial charge in [0, 0.05) is 12.1 Å². The SMILES string of the molecule is Cc1ccc(-c2cc(F)c(C(F)(CF)Oc3cc(F)c(F)c(F)c3)c(F)c2)cc1. The first kappa shape index (κ1) is 20.7. The first-order chi connectivity index (χ1) is 13.6. The van der Waals surface area contributed by atoms with Crippen molar-refractivity contribution in [3.05, 3.63) is 88.7 Å². The van der Waals surface area contributed by atoms with E-state index in [2.05, 4.69) is 4.74 Å². The quantitative estimate of drug-likeness (QED) is 0.341. The zero-order valence-electron chi connectivity index (χ0n) is 14.9. The van der Waals surface area contributed by atoms with Gasteiger partial charge in [0.15, 0.2) is 24.1 Å². The highest BCUT2D eigenvalue weighted by atomic mass is 19.2. The number of benzene rings is 3. The van der Waals surface area contributed by atoms with Crippen LogP contribution in [0.1, 0.15) is 11.1 Å². The first-order valence-electron chi connectivity index (χ1n) is 8.29. The molecule has 0 radical (unpaired) electrons. The number of hydrogen-bond acceptors (Lipinski definition) is 1. The van der Waals surface area contributed by atoms with E-state index in [1.807, 2.05) is 6.92 Å². The van der Waals surface area contributed by atoms with Gasteiger partial charge in [-0.05, 0) is 30.2 Å². The average Bonchev–Trinajstić information content (AvgIpc) is 2.66. The van der Waals surface area contributed by atoms with Gasteiger partial charge in [-0.15, -0.1) is 0 Å². The summed E-state index contributed by atoms with van der Waals surface area (Å²) in [7, 11) is 0. The van der Waals surface area contributed by atoms with Crippen LogP contribution in [0.4, 0.5) is 30.7 Å². The lowest BCUT2D eigenvalue weighted by Gasteiger charge is -2.25. The number of ether oxygens (including phenoxy) is 1. The average molecular weight is 414 g/mol. The van der Waals surface area contributed by atoms with E-state index in [0.29, 0.717) is 5.56 Å². The van der Waals surface area contributed by atoms with Crippen LogP contribution in [0.2, 0.25) is 0 Å². The van der Waals surface area contributed by atoms with Gasteiger partial charge in [-0.1, -0.05) is 29.8 Å². The number of aryl methyl sites for hydroxylation is 1. The third-order valence-electron chi connectivity index (χ3n) is 4.21. The number of halogens is 7. The van der Waals surface area contributed by atoms with Crippen molar-refractivity contribution in [1.82, 2.24) is 0 Å². The molecule has 0 N–H and O–H groups in total. The van der Waals surface area contributed by atoms with Crippen LogP contribution in [0.3, 0.4) is 0 Å². The molecule has 0 spiro atoms. The van der Waals surface area contributed by atoms with Gasteiger partial charge in [0.1, 0.15) is 22.9 Å². The predicted molar refractivity (Wildman–Crippen MR) is 92.2 cm³/mol. The maximum absolute atomic E-state index is 15.0. The Balaban J connectivity index is 2.03. The van der Waals surface area contributed by atoms with Gasteiger partial charge in [0.25, 0.3) is 0 Å². The molecule has 3 aromatic rings. The second kappa shape index (κ2) is 7.77. The molecule has 3 rings (SSSR count). The summed E-state index contributed by atoms with van der Waals surface area (Å²) in [6.45, 7) is -0.267. The monoisotopic (exact) mass is 414 g/mol. The van der Waals surface area contributed by atoms with Gasteiger partial charge in [-0.3, -0.25) is 0 Å². The molecular weight excluding hydrogens is 401 g/mol. The van der Waals surface area contributed by atoms with Crippen LogP contribution >= 0.6 is 0 Å². The standard InChI is InChI=1S/C21H13F7O/c1-11-2-4-12(5-3-11)13-6-15(23)19(16(24)7-13)21(28,10-22)29-14-8-17(25)20(27)18(26)9-14/h2-9H,10H2,1H3. The predicted octanol–water partition coefficient (Wildman–Crippen LogP) is 6.53. The molecular formula is C21H13F7O. The molecule has 0 aromatic heterocycles. The Morgan fingerprint density at radius 1 is 0.759 bits per heavy atom. The van der Waals surface area contributed by atoms with Gasteiger partial charge >= 0.3 is 5.85 Å². The van der Waals surface area contributed by atoms with Gasteiger partial charge in [-0.2, -0.15) is 4.39 Å². The summed E-state index contributed by atoms with van der Waals surface area (Å²) in [6, 6.07) is 8.59. The number of alkyl halides is 2. The van der Waals surface area contributed by atoms with Crippen LogP contribution in [0.25, 0.3) is 11.1 Å². The lowest BCUT2D eigenvalue weighted by atomic mass is 9.99. The lowest BCUT2D eigenvalue weighted by molar-refractivity contribution is -0.0918. The molecule has 0 aliphatic heterocycles. The van der Waals surface area contributed by atoms with Crippen LogP contribution in [0.15, 0.2) is 48.5 Å². The summed E-state index contributed by atoms with van der Waals surface area (Å²) in [6.07, 6.45) is 0. The molecule has 1 unspecified atom stereocenters. The fourth-order valence-electron chi connectivity index (χ4n) is 2.77. The number of hydrogen-bond donors (Lipinski definition) is 0. The maximum atomic E-state index is 15.0. The molecule has 29 heavy (non-hydrogen) atoms. The van der Waals surface area contributed by atoms with Crippen LogP contribution in [0.5, 0.6) is 5.75 Å². The first-order valence-corrected chi connectivity index (χ1v) is 8.29. The van der Waals surface area contributed by atoms with Crippen molar-refractivity contribution in [1.29, 1.82) is 0 Å². The molecule has 0 bridgehead atoms. The van der Waals surface area contributed by atoms with Crippen molar-refractivity contribution in [2.45, 2.75) is 12.8 Å². The summed E-state index contributed by atoms with van der Waals surface area (Å²) < 4.78 is 102. The van der Waals surface area contributed by atoms with E-state index in [1.54, 1.807) is 24.3 Å². The van der Waals surface area contributed by atoms with Crippen LogP contribution in [-0.4, -0.2) is 6.67 Å². The van der Waals surface area contributed by atoms with E-state index in [-0.39, 0.29) is 17.7 Å². The third-order valence-corrected chi connectivity index (χ3v) is 4.21. The Morgan fingerprint density at radius 2 is 1.28 bits per heavy atom. The summed E-state index contributed by atoms with van der Waals surface area (Å²) in [5.74, 6) is -13.0. The van der Waals surface area contributed by atoms with E-state index in [0.717, 1.165) is 17.7 Å². The largest absolute Gasteiger partial charge is 0.451 e. The minimum absolute atomic E-state index is 0.0591. The fraction of sp³-hybridized carbons (Fsp3) is 0.143. The molecule has 152 valence electrons. The van der Waals surface area contributed by atoms with Crippen molar-refractivity contribution in [3.63, 3.8) is 0 Å². The van der Waals surface area contributed by atoms with Crippen molar-refractivity contribution in [3.8, 4) is 16.9 Å². The third kappa shape index (κ3) is 4.06. The smallest absolute Gasteiger partial charge is 0.307 e. The molecule has 3 aromatic carbocycles. The van der Waals surface area contributed by atoms with Crippen molar-refractivity contribution < 1.29 is 35.5 Å². The molecule has 0 amide bonds. The number of rotatable bonds is 5. The Bertz CT molecular complexity index is 1000. The molecule has 0 heterocycles. The van der Waals surface area contributed by atoms with Crippen molar-refractivity contribution >= 4 is 0 Å². The molecule has 0 aliphatic rings. The van der Waals surface area contributed by atoms with Crippen LogP contribution in [-0.2, 0) is 5.85 Å². The lowest BCUT2D eigenvalue weighted by Crippen LogP contribution is -2.33. The highest BCUT2D eigenvalue weighted by Gasteiger charge is 2.41. The Hall–Kier alpha value is -3.03.